The SMILES string of the molecule is CC(Cl)CC(C)NCCCc1ccccc1. The van der Waals surface area contributed by atoms with Gasteiger partial charge >= 0.3 is 0 Å². The summed E-state index contributed by atoms with van der Waals surface area (Å²) in [5, 5.41) is 3.76. The Morgan fingerprint density at radius 3 is 2.50 bits per heavy atom. The molecule has 0 spiro atoms. The van der Waals surface area contributed by atoms with E-state index < -0.39 is 0 Å². The van der Waals surface area contributed by atoms with Gasteiger partial charge in [0, 0.05) is 11.4 Å². The van der Waals surface area contributed by atoms with Crippen LogP contribution in [0.15, 0.2) is 30.3 Å². The highest BCUT2D eigenvalue weighted by Gasteiger charge is 2.04. The van der Waals surface area contributed by atoms with Crippen LogP contribution in [-0.2, 0) is 6.42 Å². The molecule has 0 aliphatic carbocycles. The normalized spacial score (nSPS) is 14.7. The van der Waals surface area contributed by atoms with Crippen molar-refractivity contribution in [2.75, 3.05) is 6.54 Å². The number of hydrogen-bond acceptors (Lipinski definition) is 1. The van der Waals surface area contributed by atoms with Crippen LogP contribution in [0, 0.1) is 0 Å². The molecule has 2 heteroatoms. The molecule has 16 heavy (non-hydrogen) atoms. The van der Waals surface area contributed by atoms with Gasteiger partial charge in [0.2, 0.25) is 0 Å². The topological polar surface area (TPSA) is 12.0 Å². The molecule has 90 valence electrons. The Balaban J connectivity index is 2.08. The summed E-state index contributed by atoms with van der Waals surface area (Å²) in [7, 11) is 0. The predicted octanol–water partition coefficient (Wildman–Crippen LogP) is 3.61. The van der Waals surface area contributed by atoms with E-state index in [1.807, 2.05) is 6.92 Å². The lowest BCUT2D eigenvalue weighted by Crippen LogP contribution is -2.29. The van der Waals surface area contributed by atoms with Crippen molar-refractivity contribution in [3.05, 3.63) is 35.9 Å². The summed E-state index contributed by atoms with van der Waals surface area (Å²) < 4.78 is 0. The third-order valence-electron chi connectivity index (χ3n) is 2.66. The van der Waals surface area contributed by atoms with Gasteiger partial charge in [0.1, 0.15) is 0 Å². The molecule has 0 amide bonds. The summed E-state index contributed by atoms with van der Waals surface area (Å²) in [4.78, 5) is 0. The third-order valence-corrected chi connectivity index (χ3v) is 2.83. The van der Waals surface area contributed by atoms with Crippen molar-refractivity contribution in [2.24, 2.45) is 0 Å². The Morgan fingerprint density at radius 2 is 1.88 bits per heavy atom. The van der Waals surface area contributed by atoms with Crippen molar-refractivity contribution in [1.29, 1.82) is 0 Å². The lowest BCUT2D eigenvalue weighted by molar-refractivity contribution is 0.504. The van der Waals surface area contributed by atoms with Gasteiger partial charge in [-0.15, -0.1) is 11.6 Å². The fraction of sp³-hybridized carbons (Fsp3) is 0.571. The molecule has 0 saturated heterocycles. The molecular weight excluding hydrogens is 218 g/mol. The van der Waals surface area contributed by atoms with E-state index in [1.54, 1.807) is 0 Å². The molecule has 1 N–H and O–H groups in total. The quantitative estimate of drug-likeness (QED) is 0.566. The standard InChI is InChI=1S/C14H22ClN/c1-12(15)11-13(2)16-10-6-9-14-7-4-3-5-8-14/h3-5,7-8,12-13,16H,6,9-11H2,1-2H3. The van der Waals surface area contributed by atoms with Gasteiger partial charge in [-0.1, -0.05) is 30.3 Å². The van der Waals surface area contributed by atoms with E-state index in [0.29, 0.717) is 6.04 Å². The summed E-state index contributed by atoms with van der Waals surface area (Å²) in [5.74, 6) is 0. The molecule has 0 aliphatic heterocycles. The molecule has 0 bridgehead atoms. The number of rotatable bonds is 7. The van der Waals surface area contributed by atoms with Gasteiger partial charge in [-0.05, 0) is 45.2 Å². The summed E-state index contributed by atoms with van der Waals surface area (Å²) in [6.07, 6.45) is 3.37. The maximum absolute atomic E-state index is 5.94. The van der Waals surface area contributed by atoms with E-state index in [-0.39, 0.29) is 5.38 Å². The van der Waals surface area contributed by atoms with Crippen LogP contribution in [0.1, 0.15) is 32.3 Å². The predicted molar refractivity (Wildman–Crippen MR) is 72.2 cm³/mol. The zero-order chi connectivity index (χ0) is 11.8. The molecule has 1 aromatic carbocycles. The Kier molecular flexibility index (Phi) is 6.51. The van der Waals surface area contributed by atoms with Crippen LogP contribution in [0.2, 0.25) is 0 Å². The molecule has 0 radical (unpaired) electrons. The second-order valence-electron chi connectivity index (χ2n) is 4.46. The molecule has 0 heterocycles. The Bertz CT molecular complexity index is 271. The van der Waals surface area contributed by atoms with Gasteiger partial charge < -0.3 is 5.32 Å². The van der Waals surface area contributed by atoms with Crippen LogP contribution in [0.5, 0.6) is 0 Å². The maximum Gasteiger partial charge on any atom is 0.0322 e. The third kappa shape index (κ3) is 6.14. The van der Waals surface area contributed by atoms with Crippen molar-refractivity contribution in [3.63, 3.8) is 0 Å². The second-order valence-corrected chi connectivity index (χ2v) is 5.21. The zero-order valence-corrected chi connectivity index (χ0v) is 11.0. The van der Waals surface area contributed by atoms with E-state index in [4.69, 9.17) is 11.6 Å². The van der Waals surface area contributed by atoms with E-state index in [2.05, 4.69) is 42.6 Å². The zero-order valence-electron chi connectivity index (χ0n) is 10.2. The summed E-state index contributed by atoms with van der Waals surface area (Å²) in [5.41, 5.74) is 1.42. The van der Waals surface area contributed by atoms with Gasteiger partial charge in [0.05, 0.1) is 0 Å². The molecule has 0 aromatic heterocycles. The highest BCUT2D eigenvalue weighted by atomic mass is 35.5. The first-order chi connectivity index (χ1) is 7.68. The molecule has 1 aromatic rings. The number of nitrogens with one attached hydrogen (secondary N) is 1. The van der Waals surface area contributed by atoms with Gasteiger partial charge in [-0.25, -0.2) is 0 Å². The lowest BCUT2D eigenvalue weighted by atomic mass is 10.1. The largest absolute Gasteiger partial charge is 0.314 e. The molecule has 0 saturated carbocycles. The number of alkyl halides is 1. The monoisotopic (exact) mass is 239 g/mol. The number of halogens is 1. The minimum Gasteiger partial charge on any atom is -0.314 e. The van der Waals surface area contributed by atoms with Crippen LogP contribution in [-0.4, -0.2) is 18.0 Å². The van der Waals surface area contributed by atoms with Crippen LogP contribution in [0.3, 0.4) is 0 Å². The van der Waals surface area contributed by atoms with Crippen molar-refractivity contribution in [3.8, 4) is 0 Å². The lowest BCUT2D eigenvalue weighted by Gasteiger charge is -2.14. The molecule has 1 rings (SSSR count). The molecule has 2 atom stereocenters. The van der Waals surface area contributed by atoms with Crippen molar-refractivity contribution in [1.82, 2.24) is 5.32 Å². The van der Waals surface area contributed by atoms with Crippen LogP contribution >= 0.6 is 11.6 Å². The molecule has 1 nitrogen and oxygen atoms in total. The Hall–Kier alpha value is -0.530. The molecule has 2 unspecified atom stereocenters. The van der Waals surface area contributed by atoms with Gasteiger partial charge in [0.15, 0.2) is 0 Å². The van der Waals surface area contributed by atoms with Crippen LogP contribution < -0.4 is 5.32 Å². The second kappa shape index (κ2) is 7.70. The minimum absolute atomic E-state index is 0.261. The summed E-state index contributed by atoms with van der Waals surface area (Å²) >= 11 is 5.94. The smallest absolute Gasteiger partial charge is 0.0322 e. The van der Waals surface area contributed by atoms with Crippen molar-refractivity contribution < 1.29 is 0 Å². The van der Waals surface area contributed by atoms with E-state index >= 15 is 0 Å². The van der Waals surface area contributed by atoms with E-state index in [0.717, 1.165) is 19.4 Å². The number of aryl methyl sites for hydroxylation is 1. The fourth-order valence-corrected chi connectivity index (χ4v) is 2.12. The van der Waals surface area contributed by atoms with E-state index in [9.17, 15) is 0 Å². The fourth-order valence-electron chi connectivity index (χ4n) is 1.86. The number of hydrogen-bond donors (Lipinski definition) is 1. The number of benzene rings is 1. The molecule has 0 fully saturated rings. The highest BCUT2D eigenvalue weighted by Crippen LogP contribution is 2.05. The summed E-state index contributed by atoms with van der Waals surface area (Å²) in [6, 6.07) is 11.1. The van der Waals surface area contributed by atoms with E-state index in [1.165, 1.54) is 12.0 Å². The highest BCUT2D eigenvalue weighted by molar-refractivity contribution is 6.20. The minimum atomic E-state index is 0.261. The Morgan fingerprint density at radius 1 is 1.19 bits per heavy atom. The molecule has 0 aliphatic rings. The van der Waals surface area contributed by atoms with Crippen molar-refractivity contribution in [2.45, 2.75) is 44.5 Å². The maximum atomic E-state index is 5.94. The van der Waals surface area contributed by atoms with Crippen LogP contribution in [0.25, 0.3) is 0 Å². The molecular formula is C14H22ClN. The average molecular weight is 240 g/mol. The van der Waals surface area contributed by atoms with Gasteiger partial charge in [-0.2, -0.15) is 0 Å². The summed E-state index contributed by atoms with van der Waals surface area (Å²) in [6.45, 7) is 5.31. The van der Waals surface area contributed by atoms with Gasteiger partial charge in [-0.3, -0.25) is 0 Å². The Labute approximate surface area is 104 Å². The van der Waals surface area contributed by atoms with Crippen molar-refractivity contribution >= 4 is 11.6 Å². The first kappa shape index (κ1) is 13.5. The van der Waals surface area contributed by atoms with Gasteiger partial charge in [0.25, 0.3) is 0 Å². The first-order valence-electron chi connectivity index (χ1n) is 6.10. The van der Waals surface area contributed by atoms with Crippen LogP contribution in [0.4, 0.5) is 0 Å². The average Bonchev–Trinajstić information content (AvgIpc) is 2.25. The first-order valence-corrected chi connectivity index (χ1v) is 6.53.